The first-order valence-corrected chi connectivity index (χ1v) is 9.84. The van der Waals surface area contributed by atoms with Gasteiger partial charge in [0, 0.05) is 32.0 Å². The maximum atomic E-state index is 12.4. The molecular weight excluding hydrogens is 378 g/mol. The highest BCUT2D eigenvalue weighted by molar-refractivity contribution is 6.29. The second-order valence-electron chi connectivity index (χ2n) is 7.03. The lowest BCUT2D eigenvalue weighted by molar-refractivity contribution is 0.0700. The second kappa shape index (κ2) is 9.26. The van der Waals surface area contributed by atoms with Crippen molar-refractivity contribution in [3.05, 3.63) is 41.0 Å². The Kier molecular flexibility index (Phi) is 6.75. The number of anilines is 1. The summed E-state index contributed by atoms with van der Waals surface area (Å²) in [5.74, 6) is 0.442. The number of carbonyl (C=O) groups is 1. The van der Waals surface area contributed by atoms with E-state index in [9.17, 15) is 4.79 Å². The van der Waals surface area contributed by atoms with Crippen molar-refractivity contribution in [1.29, 1.82) is 0 Å². The van der Waals surface area contributed by atoms with Crippen LogP contribution in [0, 0.1) is 6.92 Å². The third-order valence-electron chi connectivity index (χ3n) is 4.83. The molecule has 0 unspecified atom stereocenters. The van der Waals surface area contributed by atoms with Gasteiger partial charge in [0.05, 0.1) is 6.10 Å². The molecule has 0 radical (unpaired) electrons. The van der Waals surface area contributed by atoms with Crippen molar-refractivity contribution in [2.75, 3.05) is 32.1 Å². The van der Waals surface area contributed by atoms with Crippen molar-refractivity contribution in [2.24, 2.45) is 0 Å². The molecule has 3 rings (SSSR count). The van der Waals surface area contributed by atoms with Gasteiger partial charge < -0.3 is 19.7 Å². The van der Waals surface area contributed by atoms with Gasteiger partial charge in [0.15, 0.2) is 0 Å². The molecule has 1 aliphatic rings. The molecule has 1 aromatic heterocycles. The van der Waals surface area contributed by atoms with Gasteiger partial charge in [0.2, 0.25) is 5.88 Å². The molecule has 1 saturated heterocycles. The van der Waals surface area contributed by atoms with E-state index in [1.54, 1.807) is 13.2 Å². The number of halogens is 1. The molecule has 1 atom stereocenters. The van der Waals surface area contributed by atoms with Crippen molar-refractivity contribution in [3.8, 4) is 17.0 Å². The number of hydrogen-bond acceptors (Lipinski definition) is 4. The summed E-state index contributed by atoms with van der Waals surface area (Å²) in [6.07, 6.45) is 2.08. The predicted octanol–water partition coefficient (Wildman–Crippen LogP) is 4.75. The van der Waals surface area contributed by atoms with E-state index in [2.05, 4.69) is 10.3 Å². The summed E-state index contributed by atoms with van der Waals surface area (Å²) >= 11 is 6.21. The molecule has 0 bridgehead atoms. The fourth-order valence-corrected chi connectivity index (χ4v) is 3.31. The van der Waals surface area contributed by atoms with E-state index in [0.29, 0.717) is 17.6 Å². The summed E-state index contributed by atoms with van der Waals surface area (Å²) in [4.78, 5) is 18.5. The van der Waals surface area contributed by atoms with E-state index >= 15 is 0 Å². The number of nitrogens with one attached hydrogen (secondary N) is 1. The number of pyridine rings is 1. The predicted molar refractivity (Wildman–Crippen MR) is 111 cm³/mol. The molecule has 0 saturated carbocycles. The molecule has 7 heteroatoms. The summed E-state index contributed by atoms with van der Waals surface area (Å²) in [7, 11) is 1.64. The van der Waals surface area contributed by atoms with Crippen LogP contribution in [0.4, 0.5) is 10.5 Å². The Labute approximate surface area is 170 Å². The number of nitrogens with zero attached hydrogens (tertiary/aromatic N) is 2. The molecule has 150 valence electrons. The SMILES string of the molecule is CO[C@H](C)COc1cc(-c2cc(NC(=O)N3CCCC3)ccc2C)cc(Cl)n1. The van der Waals surface area contributed by atoms with Crippen LogP contribution >= 0.6 is 11.6 Å². The zero-order chi connectivity index (χ0) is 20.1. The molecule has 1 aromatic carbocycles. The minimum Gasteiger partial charge on any atom is -0.475 e. The third-order valence-corrected chi connectivity index (χ3v) is 5.03. The Bertz CT molecular complexity index is 838. The van der Waals surface area contributed by atoms with Crippen molar-refractivity contribution in [1.82, 2.24) is 9.88 Å². The van der Waals surface area contributed by atoms with Gasteiger partial charge in [-0.1, -0.05) is 17.7 Å². The Morgan fingerprint density at radius 1 is 1.29 bits per heavy atom. The van der Waals surface area contributed by atoms with Gasteiger partial charge in [-0.3, -0.25) is 0 Å². The largest absolute Gasteiger partial charge is 0.475 e. The first-order chi connectivity index (χ1) is 13.5. The van der Waals surface area contributed by atoms with Crippen molar-refractivity contribution >= 4 is 23.3 Å². The van der Waals surface area contributed by atoms with E-state index in [0.717, 1.165) is 48.3 Å². The summed E-state index contributed by atoms with van der Waals surface area (Å²) in [5.41, 5.74) is 3.67. The van der Waals surface area contributed by atoms with Gasteiger partial charge in [-0.25, -0.2) is 9.78 Å². The quantitative estimate of drug-likeness (QED) is 0.707. The number of ether oxygens (including phenoxy) is 2. The fourth-order valence-electron chi connectivity index (χ4n) is 3.11. The smallest absolute Gasteiger partial charge is 0.321 e. The van der Waals surface area contributed by atoms with Crippen LogP contribution in [-0.2, 0) is 4.74 Å². The minimum atomic E-state index is -0.0577. The summed E-state index contributed by atoms with van der Waals surface area (Å²) in [5, 5.41) is 3.34. The van der Waals surface area contributed by atoms with E-state index in [-0.39, 0.29) is 12.1 Å². The highest BCUT2D eigenvalue weighted by atomic mass is 35.5. The monoisotopic (exact) mass is 403 g/mol. The zero-order valence-corrected chi connectivity index (χ0v) is 17.3. The summed E-state index contributed by atoms with van der Waals surface area (Å²) < 4.78 is 10.9. The van der Waals surface area contributed by atoms with Crippen LogP contribution in [-0.4, -0.2) is 48.8 Å². The lowest BCUT2D eigenvalue weighted by atomic mass is 10.0. The van der Waals surface area contributed by atoms with Gasteiger partial charge in [-0.15, -0.1) is 0 Å². The zero-order valence-electron chi connectivity index (χ0n) is 16.5. The van der Waals surface area contributed by atoms with Crippen LogP contribution in [0.1, 0.15) is 25.3 Å². The third kappa shape index (κ3) is 5.14. The molecule has 6 nitrogen and oxygen atoms in total. The molecule has 1 N–H and O–H groups in total. The first kappa shape index (κ1) is 20.4. The maximum Gasteiger partial charge on any atom is 0.321 e. The van der Waals surface area contributed by atoms with Crippen molar-refractivity contribution in [3.63, 3.8) is 0 Å². The Morgan fingerprint density at radius 2 is 2.04 bits per heavy atom. The number of likely N-dealkylation sites (tertiary alicyclic amines) is 1. The van der Waals surface area contributed by atoms with Gasteiger partial charge in [-0.2, -0.15) is 0 Å². The number of methoxy groups -OCH3 is 1. The van der Waals surface area contributed by atoms with Gasteiger partial charge in [0.25, 0.3) is 0 Å². The normalized spacial score (nSPS) is 14.8. The average molecular weight is 404 g/mol. The molecule has 2 heterocycles. The molecule has 28 heavy (non-hydrogen) atoms. The highest BCUT2D eigenvalue weighted by Crippen LogP contribution is 2.31. The number of benzene rings is 1. The summed E-state index contributed by atoms with van der Waals surface area (Å²) in [6.45, 7) is 5.94. The van der Waals surface area contributed by atoms with Gasteiger partial charge in [0.1, 0.15) is 11.8 Å². The number of hydrogen-bond donors (Lipinski definition) is 1. The lowest BCUT2D eigenvalue weighted by Gasteiger charge is -2.17. The molecular formula is C21H26ClN3O3. The van der Waals surface area contributed by atoms with Gasteiger partial charge >= 0.3 is 6.03 Å². The van der Waals surface area contributed by atoms with Crippen LogP contribution in [0.3, 0.4) is 0 Å². The number of rotatable bonds is 6. The fraction of sp³-hybridized carbons (Fsp3) is 0.429. The average Bonchev–Trinajstić information content (AvgIpc) is 3.22. The topological polar surface area (TPSA) is 63.7 Å². The lowest BCUT2D eigenvalue weighted by Crippen LogP contribution is -2.32. The molecule has 2 aromatic rings. The van der Waals surface area contributed by atoms with Crippen LogP contribution in [0.5, 0.6) is 5.88 Å². The molecule has 0 spiro atoms. The molecule has 1 aliphatic heterocycles. The number of amides is 2. The first-order valence-electron chi connectivity index (χ1n) is 9.46. The Morgan fingerprint density at radius 3 is 2.75 bits per heavy atom. The Hall–Kier alpha value is -2.31. The number of carbonyl (C=O) groups excluding carboxylic acids is 1. The standard InChI is InChI=1S/C21H26ClN3O3/c1-14-6-7-17(23-21(26)25-8-4-5-9-25)12-18(14)16-10-19(22)24-20(11-16)28-13-15(2)27-3/h6-7,10-12,15H,4-5,8-9,13H2,1-3H3,(H,23,26)/t15-/m1/s1. The van der Waals surface area contributed by atoms with E-state index in [1.165, 1.54) is 0 Å². The van der Waals surface area contributed by atoms with Crippen LogP contribution in [0.2, 0.25) is 5.15 Å². The van der Waals surface area contributed by atoms with Crippen molar-refractivity contribution in [2.45, 2.75) is 32.8 Å². The second-order valence-corrected chi connectivity index (χ2v) is 7.42. The van der Waals surface area contributed by atoms with Gasteiger partial charge in [-0.05, 0) is 61.6 Å². The minimum absolute atomic E-state index is 0.0462. The highest BCUT2D eigenvalue weighted by Gasteiger charge is 2.18. The number of aromatic nitrogens is 1. The number of aryl methyl sites for hydroxylation is 1. The van der Waals surface area contributed by atoms with E-state index in [1.807, 2.05) is 43.0 Å². The summed E-state index contributed by atoms with van der Waals surface area (Å²) in [6, 6.07) is 9.43. The molecule has 1 fully saturated rings. The van der Waals surface area contributed by atoms with Crippen LogP contribution in [0.15, 0.2) is 30.3 Å². The Balaban J connectivity index is 1.82. The van der Waals surface area contributed by atoms with Crippen LogP contribution in [0.25, 0.3) is 11.1 Å². The van der Waals surface area contributed by atoms with E-state index in [4.69, 9.17) is 21.1 Å². The number of urea groups is 1. The maximum absolute atomic E-state index is 12.4. The van der Waals surface area contributed by atoms with E-state index < -0.39 is 0 Å². The molecule has 2 amide bonds. The molecule has 0 aliphatic carbocycles. The van der Waals surface area contributed by atoms with Crippen molar-refractivity contribution < 1.29 is 14.3 Å². The van der Waals surface area contributed by atoms with Crippen LogP contribution < -0.4 is 10.1 Å².